The van der Waals surface area contributed by atoms with Crippen molar-refractivity contribution in [1.29, 1.82) is 0 Å². The van der Waals surface area contributed by atoms with Crippen molar-refractivity contribution in [1.82, 2.24) is 0 Å². The van der Waals surface area contributed by atoms with Crippen LogP contribution in [0.25, 0.3) is 0 Å². The largest absolute Gasteiger partial charge is 0.458 e. The lowest BCUT2D eigenvalue weighted by Gasteiger charge is -2.34. The van der Waals surface area contributed by atoms with Crippen molar-refractivity contribution in [3.63, 3.8) is 0 Å². The smallest absolute Gasteiger partial charge is 0.335 e. The van der Waals surface area contributed by atoms with Crippen LogP contribution in [0.5, 0.6) is 0 Å². The Morgan fingerprint density at radius 2 is 1.48 bits per heavy atom. The molecule has 5 nitrogen and oxygen atoms in total. The zero-order valence-corrected chi connectivity index (χ0v) is 17.4. The topological polar surface area (TPSA) is 65.1 Å². The summed E-state index contributed by atoms with van der Waals surface area (Å²) in [6.45, 7) is 5.63. The lowest BCUT2D eigenvalue weighted by molar-refractivity contribution is -0.200. The molecule has 2 fully saturated rings. The first kappa shape index (κ1) is 22.4. The van der Waals surface area contributed by atoms with Crippen molar-refractivity contribution in [2.75, 3.05) is 0 Å². The van der Waals surface area contributed by atoms with Crippen molar-refractivity contribution in [3.8, 4) is 0 Å². The molecule has 0 aromatic heterocycles. The average Bonchev–Trinajstić information content (AvgIpc) is 3.36. The minimum atomic E-state index is -0.477. The fraction of sp³-hybridized carbons (Fsp3) is 0.909. The Balaban J connectivity index is 1.67. The van der Waals surface area contributed by atoms with Crippen LogP contribution in [0.2, 0.25) is 0 Å². The Hall–Kier alpha value is -0.940. The summed E-state index contributed by atoms with van der Waals surface area (Å²) < 4.78 is 17.5. The van der Waals surface area contributed by atoms with Gasteiger partial charge < -0.3 is 19.0 Å². The van der Waals surface area contributed by atoms with Crippen molar-refractivity contribution in [2.45, 2.75) is 128 Å². The second-order valence-electron chi connectivity index (χ2n) is 8.25. The van der Waals surface area contributed by atoms with Crippen LogP contribution in [0.1, 0.15) is 97.8 Å². The van der Waals surface area contributed by atoms with Gasteiger partial charge in [0.25, 0.3) is 0 Å². The summed E-state index contributed by atoms with van der Waals surface area (Å²) in [7, 11) is 0. The average molecular weight is 383 g/mol. The molecule has 27 heavy (non-hydrogen) atoms. The summed E-state index contributed by atoms with van der Waals surface area (Å²) in [6.07, 6.45) is 12.5. The molecule has 0 bridgehead atoms. The lowest BCUT2D eigenvalue weighted by atomic mass is 9.98. The highest BCUT2D eigenvalue weighted by Crippen LogP contribution is 2.35. The maximum atomic E-state index is 11.9. The van der Waals surface area contributed by atoms with Gasteiger partial charge in [0.2, 0.25) is 0 Å². The summed E-state index contributed by atoms with van der Waals surface area (Å²) in [5.74, 6) is 0.0300. The predicted octanol–water partition coefficient (Wildman–Crippen LogP) is 4.74. The molecule has 2 aliphatic heterocycles. The number of carbonyl (C=O) groups excluding carboxylic acids is 2. The van der Waals surface area contributed by atoms with Crippen molar-refractivity contribution in [3.05, 3.63) is 0 Å². The lowest BCUT2D eigenvalue weighted by Crippen LogP contribution is -2.46. The highest BCUT2D eigenvalue weighted by molar-refractivity contribution is 5.75. The third-order valence-corrected chi connectivity index (χ3v) is 5.65. The van der Waals surface area contributed by atoms with Gasteiger partial charge in [0, 0.05) is 12.8 Å². The molecule has 156 valence electrons. The Kier molecular flexibility index (Phi) is 9.77. The van der Waals surface area contributed by atoms with Gasteiger partial charge in [-0.25, -0.2) is 4.79 Å². The molecule has 2 saturated heterocycles. The Bertz CT molecular complexity index is 464. The fourth-order valence-electron chi connectivity index (χ4n) is 3.89. The number of Topliss-reactive ketones (excluding diaryl/α,β-unsaturated/α-hetero) is 1. The summed E-state index contributed by atoms with van der Waals surface area (Å²) in [5.41, 5.74) is 0. The normalized spacial score (nSPS) is 30.2. The first-order valence-corrected chi connectivity index (χ1v) is 11.0. The summed E-state index contributed by atoms with van der Waals surface area (Å²) in [4.78, 5) is 22.9. The van der Waals surface area contributed by atoms with Crippen LogP contribution in [0.3, 0.4) is 0 Å². The molecule has 0 aliphatic carbocycles. The van der Waals surface area contributed by atoms with Gasteiger partial charge in [-0.05, 0) is 39.5 Å². The molecule has 5 unspecified atom stereocenters. The van der Waals surface area contributed by atoms with Gasteiger partial charge in [0.15, 0.2) is 6.10 Å². The first-order chi connectivity index (χ1) is 13.0. The number of carbonyl (C=O) groups is 2. The predicted molar refractivity (Wildman–Crippen MR) is 105 cm³/mol. The van der Waals surface area contributed by atoms with Crippen LogP contribution >= 0.6 is 0 Å². The number of epoxide rings is 1. The van der Waals surface area contributed by atoms with E-state index >= 15 is 0 Å². The maximum absolute atomic E-state index is 11.9. The molecule has 2 rings (SSSR count). The van der Waals surface area contributed by atoms with Gasteiger partial charge in [-0.2, -0.15) is 0 Å². The molecule has 0 radical (unpaired) electrons. The molecule has 0 N–H and O–H groups in total. The Morgan fingerprint density at radius 3 is 2.22 bits per heavy atom. The minimum Gasteiger partial charge on any atom is -0.458 e. The van der Waals surface area contributed by atoms with Crippen molar-refractivity contribution >= 4 is 11.8 Å². The molecule has 5 heteroatoms. The zero-order valence-electron chi connectivity index (χ0n) is 17.4. The zero-order chi connectivity index (χ0) is 19.6. The van der Waals surface area contributed by atoms with E-state index in [-0.39, 0.29) is 30.1 Å². The van der Waals surface area contributed by atoms with Crippen molar-refractivity contribution in [2.24, 2.45) is 0 Å². The van der Waals surface area contributed by atoms with Gasteiger partial charge in [-0.15, -0.1) is 0 Å². The SMILES string of the molecule is CCCCCC1OC1CC1OC(C)C(=O)OC1CCCCCCCC(C)=O. The van der Waals surface area contributed by atoms with Gasteiger partial charge in [0.1, 0.15) is 11.9 Å². The number of hydrogen-bond acceptors (Lipinski definition) is 5. The van der Waals surface area contributed by atoms with E-state index in [1.807, 2.05) is 0 Å². The number of esters is 1. The fourth-order valence-corrected chi connectivity index (χ4v) is 3.89. The molecule has 0 amide bonds. The number of ether oxygens (including phenoxy) is 3. The van der Waals surface area contributed by atoms with Crippen LogP contribution in [-0.2, 0) is 23.8 Å². The highest BCUT2D eigenvalue weighted by Gasteiger charge is 2.44. The monoisotopic (exact) mass is 382 g/mol. The number of cyclic esters (lactones) is 1. The number of ketones is 1. The van der Waals surface area contributed by atoms with E-state index in [4.69, 9.17) is 14.2 Å². The molecule has 2 aliphatic rings. The van der Waals surface area contributed by atoms with E-state index in [1.165, 1.54) is 19.3 Å². The minimum absolute atomic E-state index is 0.0448. The third-order valence-electron chi connectivity index (χ3n) is 5.65. The molecule has 0 aromatic rings. The summed E-state index contributed by atoms with van der Waals surface area (Å²) in [6, 6.07) is 0. The van der Waals surface area contributed by atoms with Crippen LogP contribution < -0.4 is 0 Å². The second-order valence-corrected chi connectivity index (χ2v) is 8.25. The van der Waals surface area contributed by atoms with E-state index in [2.05, 4.69) is 6.92 Å². The molecular formula is C22H38O5. The van der Waals surface area contributed by atoms with Gasteiger partial charge >= 0.3 is 5.97 Å². The van der Waals surface area contributed by atoms with Gasteiger partial charge in [-0.1, -0.05) is 45.4 Å². The Labute approximate surface area is 164 Å². The summed E-state index contributed by atoms with van der Waals surface area (Å²) in [5, 5.41) is 0. The first-order valence-electron chi connectivity index (χ1n) is 11.0. The van der Waals surface area contributed by atoms with Gasteiger partial charge in [-0.3, -0.25) is 0 Å². The molecule has 0 saturated carbocycles. The number of hydrogen-bond donors (Lipinski definition) is 0. The standard InChI is InChI=1S/C22H38O5/c1-4-5-9-13-18-21(26-18)15-20-19(27-22(24)17(3)25-20)14-11-8-6-7-10-12-16(2)23/h17-21H,4-15H2,1-3H3. The van der Waals surface area contributed by atoms with Crippen LogP contribution in [0.4, 0.5) is 0 Å². The third kappa shape index (κ3) is 8.30. The second kappa shape index (κ2) is 11.8. The summed E-state index contributed by atoms with van der Waals surface area (Å²) >= 11 is 0. The number of unbranched alkanes of at least 4 members (excludes halogenated alkanes) is 6. The van der Waals surface area contributed by atoms with Crippen LogP contribution in [0.15, 0.2) is 0 Å². The maximum Gasteiger partial charge on any atom is 0.335 e. The molecular weight excluding hydrogens is 344 g/mol. The van der Waals surface area contributed by atoms with E-state index in [1.54, 1.807) is 13.8 Å². The van der Waals surface area contributed by atoms with Crippen LogP contribution in [0, 0.1) is 0 Å². The van der Waals surface area contributed by atoms with Crippen molar-refractivity contribution < 1.29 is 23.8 Å². The van der Waals surface area contributed by atoms with E-state index in [0.29, 0.717) is 12.5 Å². The molecule has 5 atom stereocenters. The number of rotatable bonds is 14. The van der Waals surface area contributed by atoms with E-state index in [9.17, 15) is 9.59 Å². The molecule has 2 heterocycles. The Morgan fingerprint density at radius 1 is 0.852 bits per heavy atom. The highest BCUT2D eigenvalue weighted by atomic mass is 16.6. The van der Waals surface area contributed by atoms with E-state index < -0.39 is 6.10 Å². The molecule has 0 spiro atoms. The van der Waals surface area contributed by atoms with E-state index in [0.717, 1.165) is 51.4 Å². The van der Waals surface area contributed by atoms with Crippen LogP contribution in [-0.4, -0.2) is 42.3 Å². The van der Waals surface area contributed by atoms with Gasteiger partial charge in [0.05, 0.1) is 18.3 Å². The quantitative estimate of drug-likeness (QED) is 0.247. The molecule has 0 aromatic carbocycles.